The molecule has 1 heterocycles. The molecule has 0 N–H and O–H groups in total. The van der Waals surface area contributed by atoms with Crippen molar-refractivity contribution < 1.29 is 4.42 Å². The lowest BCUT2D eigenvalue weighted by molar-refractivity contribution is -0.446. The van der Waals surface area contributed by atoms with Gasteiger partial charge in [-0.25, -0.2) is 0 Å². The van der Waals surface area contributed by atoms with Crippen LogP contribution in [0.1, 0.15) is 12.5 Å². The fourth-order valence-electron chi connectivity index (χ4n) is 2.38. The smallest absolute Gasteiger partial charge is 0.262 e. The summed E-state index contributed by atoms with van der Waals surface area (Å²) in [6.07, 6.45) is 12.7. The van der Waals surface area contributed by atoms with Gasteiger partial charge in [-0.15, -0.1) is 0 Å². The fourth-order valence-corrected chi connectivity index (χ4v) is 3.64. The lowest BCUT2D eigenvalue weighted by atomic mass is 9.97. The minimum absolute atomic E-state index is 0.316. The van der Waals surface area contributed by atoms with Gasteiger partial charge in [-0.3, -0.25) is 4.42 Å². The topological polar surface area (TPSA) is 11.3 Å². The summed E-state index contributed by atoms with van der Waals surface area (Å²) in [7, 11) is 0. The van der Waals surface area contributed by atoms with E-state index in [2.05, 4.69) is 60.7 Å². The SMILES string of the molecule is CC[O+]=CC1=C(c2ccccc2)SC2=CC=CC=CC21. The van der Waals surface area contributed by atoms with Gasteiger partial charge in [-0.2, -0.15) is 0 Å². The van der Waals surface area contributed by atoms with Crippen molar-refractivity contribution in [3.8, 4) is 0 Å². The molecule has 1 aliphatic heterocycles. The van der Waals surface area contributed by atoms with Crippen LogP contribution in [0.4, 0.5) is 0 Å². The van der Waals surface area contributed by atoms with Crippen LogP contribution in [-0.2, 0) is 4.42 Å². The summed E-state index contributed by atoms with van der Waals surface area (Å²) in [5, 5.41) is 0. The van der Waals surface area contributed by atoms with Gasteiger partial charge in [0.25, 0.3) is 6.61 Å². The zero-order valence-electron chi connectivity index (χ0n) is 11.5. The van der Waals surface area contributed by atoms with Crippen molar-refractivity contribution in [2.45, 2.75) is 6.92 Å². The van der Waals surface area contributed by atoms with E-state index in [1.54, 1.807) is 0 Å². The van der Waals surface area contributed by atoms with Crippen molar-refractivity contribution in [1.82, 2.24) is 0 Å². The zero-order chi connectivity index (χ0) is 13.8. The number of hydrogen-bond acceptors (Lipinski definition) is 1. The number of fused-ring (bicyclic) bond motifs is 1. The maximum absolute atomic E-state index is 5.58. The van der Waals surface area contributed by atoms with E-state index in [4.69, 9.17) is 4.42 Å². The molecule has 1 unspecified atom stereocenters. The van der Waals surface area contributed by atoms with Crippen LogP contribution in [0.15, 0.2) is 71.2 Å². The number of thioether (sulfide) groups is 1. The molecule has 0 saturated heterocycles. The molecule has 0 saturated carbocycles. The molecule has 1 aromatic rings. The normalized spacial score (nSPS) is 21.2. The molecule has 0 aromatic heterocycles. The highest BCUT2D eigenvalue weighted by molar-refractivity contribution is 8.12. The summed E-state index contributed by atoms with van der Waals surface area (Å²) in [6.45, 7) is 2.71. The fraction of sp³-hybridized carbons (Fsp3) is 0.167. The highest BCUT2D eigenvalue weighted by Gasteiger charge is 2.32. The summed E-state index contributed by atoms with van der Waals surface area (Å²) in [5.41, 5.74) is 2.52. The Morgan fingerprint density at radius 2 is 2.00 bits per heavy atom. The van der Waals surface area contributed by atoms with Crippen molar-refractivity contribution in [3.05, 3.63) is 76.8 Å². The second-order valence-corrected chi connectivity index (χ2v) is 5.73. The van der Waals surface area contributed by atoms with E-state index in [-0.39, 0.29) is 0 Å². The number of allylic oxidation sites excluding steroid dienone is 7. The van der Waals surface area contributed by atoms with Crippen LogP contribution in [0, 0.1) is 5.92 Å². The Balaban J connectivity index is 2.08. The lowest BCUT2D eigenvalue weighted by Gasteiger charge is -2.03. The van der Waals surface area contributed by atoms with Crippen molar-refractivity contribution >= 4 is 23.0 Å². The first-order chi connectivity index (χ1) is 9.90. The molecule has 2 heteroatoms. The second kappa shape index (κ2) is 6.10. The zero-order valence-corrected chi connectivity index (χ0v) is 12.3. The van der Waals surface area contributed by atoms with E-state index in [1.165, 1.54) is 20.9 Å². The molecular weight excluding hydrogens is 264 g/mol. The minimum atomic E-state index is 0.316. The average Bonchev–Trinajstić information content (AvgIpc) is 2.68. The molecule has 1 atom stereocenters. The molecule has 0 spiro atoms. The van der Waals surface area contributed by atoms with Gasteiger partial charge in [0.15, 0.2) is 0 Å². The molecular formula is C18H17OS+. The molecule has 0 bridgehead atoms. The molecule has 0 fully saturated rings. The number of rotatable bonds is 3. The first kappa shape index (κ1) is 13.2. The Morgan fingerprint density at radius 1 is 1.15 bits per heavy atom. The summed E-state index contributed by atoms with van der Waals surface area (Å²) < 4.78 is 5.58. The molecule has 1 aliphatic carbocycles. The quantitative estimate of drug-likeness (QED) is 0.585. The van der Waals surface area contributed by atoms with E-state index < -0.39 is 0 Å². The van der Waals surface area contributed by atoms with Crippen LogP contribution >= 0.6 is 11.8 Å². The van der Waals surface area contributed by atoms with Crippen molar-refractivity contribution in [1.29, 1.82) is 0 Å². The molecule has 2 aliphatic rings. The maximum atomic E-state index is 5.58. The highest BCUT2D eigenvalue weighted by Crippen LogP contribution is 2.50. The largest absolute Gasteiger partial charge is 0.313 e. The van der Waals surface area contributed by atoms with Crippen LogP contribution in [-0.4, -0.2) is 12.9 Å². The Morgan fingerprint density at radius 3 is 2.80 bits per heavy atom. The average molecular weight is 281 g/mol. The third-order valence-corrected chi connectivity index (χ3v) is 4.62. The third kappa shape index (κ3) is 2.56. The second-order valence-electron chi connectivity index (χ2n) is 4.64. The molecule has 3 rings (SSSR count). The van der Waals surface area contributed by atoms with Gasteiger partial charge in [0.2, 0.25) is 0 Å². The van der Waals surface area contributed by atoms with Gasteiger partial charge in [0, 0.05) is 22.7 Å². The van der Waals surface area contributed by atoms with Crippen LogP contribution in [0.25, 0.3) is 4.91 Å². The summed E-state index contributed by atoms with van der Waals surface area (Å²) >= 11 is 1.85. The summed E-state index contributed by atoms with van der Waals surface area (Å²) in [6, 6.07) is 10.5. The van der Waals surface area contributed by atoms with E-state index in [1.807, 2.05) is 25.0 Å². The molecule has 1 aromatic carbocycles. The Hall–Kier alpha value is -1.80. The van der Waals surface area contributed by atoms with Gasteiger partial charge in [-0.05, 0) is 5.56 Å². The molecule has 0 amide bonds. The maximum Gasteiger partial charge on any atom is 0.313 e. The van der Waals surface area contributed by atoms with Crippen LogP contribution in [0.3, 0.4) is 0 Å². The number of hydrogen-bond donors (Lipinski definition) is 0. The number of benzene rings is 1. The standard InChI is InChI=1S/C18H17OS/c1-2-19-13-16-15-11-7-4-8-12-17(15)20-18(16)14-9-5-3-6-10-14/h3-13,15H,2H2,1H3/q+1. The Bertz CT molecular complexity index is 633. The van der Waals surface area contributed by atoms with Gasteiger partial charge in [0.1, 0.15) is 0 Å². The van der Waals surface area contributed by atoms with Crippen molar-refractivity contribution in [2.24, 2.45) is 5.92 Å². The minimum Gasteiger partial charge on any atom is -0.262 e. The lowest BCUT2D eigenvalue weighted by Crippen LogP contribution is -2.01. The summed E-state index contributed by atoms with van der Waals surface area (Å²) in [4.78, 5) is 2.66. The molecule has 0 radical (unpaired) electrons. The van der Waals surface area contributed by atoms with E-state index in [9.17, 15) is 0 Å². The molecule has 100 valence electrons. The predicted octanol–water partition coefficient (Wildman–Crippen LogP) is 4.53. The first-order valence-electron chi connectivity index (χ1n) is 6.87. The Labute approximate surface area is 124 Å². The number of carbonyl (C=O) groups excluding carboxylic acids is 1. The van der Waals surface area contributed by atoms with Gasteiger partial charge in [0.05, 0.1) is 5.57 Å². The molecule has 1 nitrogen and oxygen atoms in total. The molecule has 20 heavy (non-hydrogen) atoms. The van der Waals surface area contributed by atoms with Crippen molar-refractivity contribution in [2.75, 3.05) is 6.61 Å². The van der Waals surface area contributed by atoms with Crippen LogP contribution in [0.2, 0.25) is 0 Å². The van der Waals surface area contributed by atoms with Crippen LogP contribution < -0.4 is 0 Å². The first-order valence-corrected chi connectivity index (χ1v) is 7.69. The van der Waals surface area contributed by atoms with Crippen LogP contribution in [0.5, 0.6) is 0 Å². The number of aldehydes is 1. The van der Waals surface area contributed by atoms with E-state index >= 15 is 0 Å². The van der Waals surface area contributed by atoms with Gasteiger partial charge < -0.3 is 0 Å². The van der Waals surface area contributed by atoms with Gasteiger partial charge >= 0.3 is 6.29 Å². The predicted molar refractivity (Wildman–Crippen MR) is 87.4 cm³/mol. The Kier molecular flexibility index (Phi) is 4.03. The third-order valence-electron chi connectivity index (χ3n) is 3.32. The van der Waals surface area contributed by atoms with E-state index in [0.717, 1.165) is 0 Å². The van der Waals surface area contributed by atoms with E-state index in [0.29, 0.717) is 12.5 Å². The monoisotopic (exact) mass is 281 g/mol. The van der Waals surface area contributed by atoms with Gasteiger partial charge in [-0.1, -0.05) is 72.5 Å². The summed E-state index contributed by atoms with van der Waals surface area (Å²) in [5.74, 6) is 0.316. The van der Waals surface area contributed by atoms with Crippen molar-refractivity contribution in [3.63, 3.8) is 0 Å². The highest BCUT2D eigenvalue weighted by atomic mass is 32.2.